The quantitative estimate of drug-likeness (QED) is 0.636. The van der Waals surface area contributed by atoms with Gasteiger partial charge in [-0.3, -0.25) is 0 Å². The van der Waals surface area contributed by atoms with Gasteiger partial charge in [-0.1, -0.05) is 0 Å². The number of rotatable bonds is 0. The van der Waals surface area contributed by atoms with Crippen LogP contribution in [0.25, 0.3) is 0 Å². The molecule has 0 aromatic heterocycles. The molecule has 3 rings (SSSR count). The van der Waals surface area contributed by atoms with E-state index in [0.29, 0.717) is 0 Å². The van der Waals surface area contributed by atoms with Crippen molar-refractivity contribution in [1.82, 2.24) is 0 Å². The Morgan fingerprint density at radius 3 is 0.833 bits per heavy atom. The van der Waals surface area contributed by atoms with Gasteiger partial charge in [0.15, 0.2) is 0 Å². The normalized spacial score (nSPS) is 16.0. The van der Waals surface area contributed by atoms with E-state index >= 15 is 0 Å². The molecule has 2 saturated carbocycles. The first-order valence-corrected chi connectivity index (χ1v) is 5.24. The molecule has 1 aromatic rings. The van der Waals surface area contributed by atoms with Crippen LogP contribution in [0.5, 0.6) is 0 Å². The van der Waals surface area contributed by atoms with Gasteiger partial charge in [-0.05, 0) is 64.2 Å². The summed E-state index contributed by atoms with van der Waals surface area (Å²) in [5.74, 6) is 0. The molecular formula is C17H18Zr. The first-order chi connectivity index (χ1) is 8.00. The minimum atomic E-state index is 0. The fraction of sp³-hybridized carbons (Fsp3) is 0. The third-order valence-electron chi connectivity index (χ3n) is 1.72. The van der Waals surface area contributed by atoms with Crippen LogP contribution in [0, 0.1) is 77.7 Å². The molecule has 10 radical (unpaired) electrons. The van der Waals surface area contributed by atoms with Gasteiger partial charge in [-0.15, -0.1) is 0 Å². The fourth-order valence-electron chi connectivity index (χ4n) is 0.983. The smallest absolute Gasteiger partial charge is 0.358 e. The fourth-order valence-corrected chi connectivity index (χ4v) is 0.983. The standard InChI is InChI=1S/C6H5.2C5H5.CH3.Zr/c1-2-4-6-5-3-1;2*1-2-4-5-3-1;;/h1-5H;2*1-5H;1H3;/q-1;;;-1;+2. The summed E-state index contributed by atoms with van der Waals surface area (Å²) in [6, 6.07) is 12.5. The van der Waals surface area contributed by atoms with E-state index in [4.69, 9.17) is 0 Å². The van der Waals surface area contributed by atoms with Crippen LogP contribution in [-0.2, 0) is 26.2 Å². The van der Waals surface area contributed by atoms with Crippen molar-refractivity contribution >= 4 is 0 Å². The zero-order valence-corrected chi connectivity index (χ0v) is 13.1. The topological polar surface area (TPSA) is 0 Å². The second kappa shape index (κ2) is 17.1. The molecule has 0 unspecified atom stereocenters. The Hall–Kier alpha value is 0.103. The molecule has 90 valence electrons. The van der Waals surface area contributed by atoms with Crippen molar-refractivity contribution < 1.29 is 26.2 Å². The molecule has 1 aromatic carbocycles. The monoisotopic (exact) mass is 312 g/mol. The van der Waals surface area contributed by atoms with E-state index < -0.39 is 0 Å². The summed E-state index contributed by atoms with van der Waals surface area (Å²) >= 11 is 0. The van der Waals surface area contributed by atoms with E-state index in [1.54, 1.807) is 0 Å². The zero-order chi connectivity index (χ0) is 11.3. The summed E-state index contributed by atoms with van der Waals surface area (Å²) in [5.41, 5.74) is 0. The van der Waals surface area contributed by atoms with Crippen LogP contribution < -0.4 is 0 Å². The van der Waals surface area contributed by atoms with E-state index in [2.05, 4.69) is 6.07 Å². The predicted octanol–water partition coefficient (Wildman–Crippen LogP) is 3.98. The molecule has 0 amide bonds. The second-order valence-electron chi connectivity index (χ2n) is 3.00. The molecular weight excluding hydrogens is 295 g/mol. The average molecular weight is 314 g/mol. The van der Waals surface area contributed by atoms with E-state index in [-0.39, 0.29) is 33.6 Å². The van der Waals surface area contributed by atoms with Gasteiger partial charge in [0.2, 0.25) is 0 Å². The van der Waals surface area contributed by atoms with Gasteiger partial charge in [-0.25, -0.2) is 0 Å². The number of hydrogen-bond acceptors (Lipinski definition) is 0. The summed E-state index contributed by atoms with van der Waals surface area (Å²) in [6.45, 7) is 0. The molecule has 2 fully saturated rings. The molecule has 0 aliphatic heterocycles. The maximum absolute atomic E-state index is 2.89. The van der Waals surface area contributed by atoms with Crippen molar-refractivity contribution in [3.63, 3.8) is 0 Å². The van der Waals surface area contributed by atoms with E-state index in [0.717, 1.165) is 0 Å². The molecule has 0 atom stereocenters. The Labute approximate surface area is 134 Å². The van der Waals surface area contributed by atoms with Crippen LogP contribution in [-0.4, -0.2) is 0 Å². The Balaban J connectivity index is 0. The molecule has 0 saturated heterocycles. The summed E-state index contributed by atoms with van der Waals surface area (Å²) < 4.78 is 0. The number of hydrogen-bond donors (Lipinski definition) is 0. The minimum absolute atomic E-state index is 0. The summed E-state index contributed by atoms with van der Waals surface area (Å²) in [4.78, 5) is 0. The van der Waals surface area contributed by atoms with Gasteiger partial charge >= 0.3 is 26.2 Å². The zero-order valence-electron chi connectivity index (χ0n) is 10.7. The SMILES string of the molecule is [CH3-].[CH]1[CH][CH][CH][CH]1.[CH]1[CH][CH][CH][CH]1.[Zr+2].[c-]1ccccc1. The first kappa shape index (κ1) is 20.4. The van der Waals surface area contributed by atoms with Crippen molar-refractivity contribution in [3.8, 4) is 0 Å². The Kier molecular flexibility index (Phi) is 19.4. The molecule has 0 bridgehead atoms. The third kappa shape index (κ3) is 14.2. The molecule has 2 aliphatic rings. The third-order valence-corrected chi connectivity index (χ3v) is 1.72. The van der Waals surface area contributed by atoms with Crippen LogP contribution in [0.3, 0.4) is 0 Å². The van der Waals surface area contributed by atoms with Gasteiger partial charge in [0, 0.05) is 0 Å². The van der Waals surface area contributed by atoms with Gasteiger partial charge in [0.05, 0.1) is 0 Å². The van der Waals surface area contributed by atoms with Crippen LogP contribution >= 0.6 is 0 Å². The van der Waals surface area contributed by atoms with Crippen molar-refractivity contribution in [2.75, 3.05) is 0 Å². The number of benzene rings is 1. The largest absolute Gasteiger partial charge is 2.00 e. The van der Waals surface area contributed by atoms with Crippen LogP contribution in [0.4, 0.5) is 0 Å². The maximum Gasteiger partial charge on any atom is 2.00 e. The maximum atomic E-state index is 2.89. The van der Waals surface area contributed by atoms with Gasteiger partial charge in [0.25, 0.3) is 0 Å². The molecule has 0 spiro atoms. The van der Waals surface area contributed by atoms with Gasteiger partial charge < -0.3 is 7.43 Å². The van der Waals surface area contributed by atoms with E-state index in [9.17, 15) is 0 Å². The van der Waals surface area contributed by atoms with E-state index in [1.165, 1.54) is 0 Å². The predicted molar refractivity (Wildman–Crippen MR) is 74.7 cm³/mol. The Bertz CT molecular complexity index is 160. The van der Waals surface area contributed by atoms with Gasteiger partial charge in [-0.2, -0.15) is 36.4 Å². The molecule has 18 heavy (non-hydrogen) atoms. The van der Waals surface area contributed by atoms with Crippen LogP contribution in [0.1, 0.15) is 0 Å². The molecule has 0 nitrogen and oxygen atoms in total. The summed E-state index contributed by atoms with van der Waals surface area (Å²) in [6.07, 6.45) is 20.0. The molecule has 0 heterocycles. The second-order valence-corrected chi connectivity index (χ2v) is 3.00. The first-order valence-electron chi connectivity index (χ1n) is 5.24. The Morgan fingerprint density at radius 1 is 0.444 bits per heavy atom. The van der Waals surface area contributed by atoms with Crippen molar-refractivity contribution in [3.05, 3.63) is 108 Å². The molecule has 1 heteroatoms. The Morgan fingerprint density at radius 2 is 0.722 bits per heavy atom. The van der Waals surface area contributed by atoms with Gasteiger partial charge in [0.1, 0.15) is 0 Å². The molecule has 0 N–H and O–H groups in total. The van der Waals surface area contributed by atoms with Crippen LogP contribution in [0.2, 0.25) is 0 Å². The summed E-state index contributed by atoms with van der Waals surface area (Å²) in [5, 5.41) is 0. The van der Waals surface area contributed by atoms with Crippen molar-refractivity contribution in [2.24, 2.45) is 0 Å². The van der Waals surface area contributed by atoms with Crippen LogP contribution in [0.15, 0.2) is 30.3 Å². The molecule has 2 aliphatic carbocycles. The average Bonchev–Trinajstić information content (AvgIpc) is 3.10. The summed E-state index contributed by atoms with van der Waals surface area (Å²) in [7, 11) is 0. The van der Waals surface area contributed by atoms with Crippen molar-refractivity contribution in [2.45, 2.75) is 0 Å². The van der Waals surface area contributed by atoms with Crippen molar-refractivity contribution in [1.29, 1.82) is 0 Å². The minimum Gasteiger partial charge on any atom is -0.358 e. The van der Waals surface area contributed by atoms with E-state index in [1.807, 2.05) is 94.5 Å².